The Morgan fingerprint density at radius 1 is 1.21 bits per heavy atom. The molecule has 0 fully saturated rings. The van der Waals surface area contributed by atoms with Gasteiger partial charge >= 0.3 is 0 Å². The van der Waals surface area contributed by atoms with E-state index >= 15 is 0 Å². The topological polar surface area (TPSA) is 64.0 Å². The number of anilines is 1. The molecule has 2 aromatic carbocycles. The molecule has 3 aromatic rings. The molecule has 122 valence electrons. The van der Waals surface area contributed by atoms with Crippen molar-refractivity contribution in [1.29, 1.82) is 0 Å². The third-order valence-corrected chi connectivity index (χ3v) is 4.07. The maximum atomic E-state index is 12.5. The summed E-state index contributed by atoms with van der Waals surface area (Å²) >= 11 is 5.91. The lowest BCUT2D eigenvalue weighted by Gasteiger charge is -2.10. The number of aryl methyl sites for hydroxylation is 2. The summed E-state index contributed by atoms with van der Waals surface area (Å²) in [5.41, 5.74) is 2.88. The van der Waals surface area contributed by atoms with Crippen molar-refractivity contribution in [2.24, 2.45) is 0 Å². The van der Waals surface area contributed by atoms with E-state index in [9.17, 15) is 9.59 Å². The van der Waals surface area contributed by atoms with Gasteiger partial charge in [-0.3, -0.25) is 14.2 Å². The molecule has 3 rings (SSSR count). The summed E-state index contributed by atoms with van der Waals surface area (Å²) in [6, 6.07) is 10.6. The van der Waals surface area contributed by atoms with Crippen molar-refractivity contribution in [3.8, 4) is 0 Å². The summed E-state index contributed by atoms with van der Waals surface area (Å²) in [6.45, 7) is 3.65. The lowest BCUT2D eigenvalue weighted by atomic mass is 10.1. The summed E-state index contributed by atoms with van der Waals surface area (Å²) < 4.78 is 1.31. The van der Waals surface area contributed by atoms with Gasteiger partial charge in [0.25, 0.3) is 5.56 Å². The normalized spacial score (nSPS) is 10.8. The molecule has 0 unspecified atom stereocenters. The Morgan fingerprint density at radius 3 is 2.75 bits per heavy atom. The third-order valence-electron chi connectivity index (χ3n) is 3.83. The van der Waals surface area contributed by atoms with Crippen molar-refractivity contribution < 1.29 is 4.79 Å². The molecule has 6 heteroatoms. The second-order valence-electron chi connectivity index (χ2n) is 5.66. The minimum atomic E-state index is -0.295. The summed E-state index contributed by atoms with van der Waals surface area (Å²) in [7, 11) is 0. The number of hydrogen-bond acceptors (Lipinski definition) is 3. The summed E-state index contributed by atoms with van der Waals surface area (Å²) in [6.07, 6.45) is 1.41. The van der Waals surface area contributed by atoms with Crippen LogP contribution in [0.25, 0.3) is 10.9 Å². The molecule has 1 aromatic heterocycles. The molecule has 5 nitrogen and oxygen atoms in total. The summed E-state index contributed by atoms with van der Waals surface area (Å²) in [4.78, 5) is 29.0. The number of rotatable bonds is 3. The Balaban J connectivity index is 1.86. The molecule has 0 aliphatic heterocycles. The van der Waals surface area contributed by atoms with Crippen molar-refractivity contribution in [3.63, 3.8) is 0 Å². The molecule has 1 amide bonds. The first kappa shape index (κ1) is 16.2. The highest BCUT2D eigenvalue weighted by Gasteiger charge is 2.10. The zero-order valence-corrected chi connectivity index (χ0v) is 14.1. The summed E-state index contributed by atoms with van der Waals surface area (Å²) in [5.74, 6) is -0.295. The number of nitrogens with one attached hydrogen (secondary N) is 1. The Hall–Kier alpha value is -2.66. The summed E-state index contributed by atoms with van der Waals surface area (Å²) in [5, 5.41) is 3.90. The minimum Gasteiger partial charge on any atom is -0.324 e. The number of benzene rings is 2. The fraction of sp³-hybridized carbons (Fsp3) is 0.167. The number of carbonyl (C=O) groups is 1. The van der Waals surface area contributed by atoms with Crippen molar-refractivity contribution in [3.05, 3.63) is 69.2 Å². The SMILES string of the molecule is Cc1cc(Cl)ccc1NC(=O)Cn1cnc2c(C)cccc2c1=O. The van der Waals surface area contributed by atoms with Crippen molar-refractivity contribution in [2.45, 2.75) is 20.4 Å². The Bertz CT molecular complexity index is 995. The van der Waals surface area contributed by atoms with Gasteiger partial charge in [-0.2, -0.15) is 0 Å². The quantitative estimate of drug-likeness (QED) is 0.795. The van der Waals surface area contributed by atoms with E-state index in [2.05, 4.69) is 10.3 Å². The molecular formula is C18H16ClN3O2. The number of amides is 1. The number of carbonyl (C=O) groups excluding carboxylic acids is 1. The molecule has 0 radical (unpaired) electrons. The van der Waals surface area contributed by atoms with Gasteiger partial charge in [-0.25, -0.2) is 4.98 Å². The van der Waals surface area contributed by atoms with Crippen LogP contribution in [0.1, 0.15) is 11.1 Å². The average molecular weight is 342 g/mol. The van der Waals surface area contributed by atoms with E-state index in [1.54, 1.807) is 24.3 Å². The smallest absolute Gasteiger partial charge is 0.261 e. The molecule has 0 saturated carbocycles. The zero-order valence-electron chi connectivity index (χ0n) is 13.3. The highest BCUT2D eigenvalue weighted by Crippen LogP contribution is 2.19. The van der Waals surface area contributed by atoms with Crippen molar-refractivity contribution in [1.82, 2.24) is 9.55 Å². The number of aromatic nitrogens is 2. The number of para-hydroxylation sites is 1. The van der Waals surface area contributed by atoms with Gasteiger partial charge < -0.3 is 5.32 Å². The van der Waals surface area contributed by atoms with Gasteiger partial charge in [0.05, 0.1) is 17.2 Å². The molecule has 0 saturated heterocycles. The lowest BCUT2D eigenvalue weighted by Crippen LogP contribution is -2.28. The first-order valence-electron chi connectivity index (χ1n) is 7.46. The van der Waals surface area contributed by atoms with Crippen LogP contribution in [-0.2, 0) is 11.3 Å². The zero-order chi connectivity index (χ0) is 17.3. The molecule has 0 aliphatic carbocycles. The maximum absolute atomic E-state index is 12.5. The van der Waals surface area contributed by atoms with Crippen LogP contribution < -0.4 is 10.9 Å². The highest BCUT2D eigenvalue weighted by atomic mass is 35.5. The van der Waals surface area contributed by atoms with E-state index in [0.29, 0.717) is 21.6 Å². The number of hydrogen-bond donors (Lipinski definition) is 1. The fourth-order valence-corrected chi connectivity index (χ4v) is 2.79. The van der Waals surface area contributed by atoms with Crippen LogP contribution in [0.2, 0.25) is 5.02 Å². The van der Waals surface area contributed by atoms with Gasteiger partial charge in [0.15, 0.2) is 0 Å². The van der Waals surface area contributed by atoms with Gasteiger partial charge in [-0.05, 0) is 49.2 Å². The Kier molecular flexibility index (Phi) is 4.36. The Morgan fingerprint density at radius 2 is 2.00 bits per heavy atom. The van der Waals surface area contributed by atoms with E-state index in [4.69, 9.17) is 11.6 Å². The monoisotopic (exact) mass is 341 g/mol. The molecular weight excluding hydrogens is 326 g/mol. The van der Waals surface area contributed by atoms with E-state index in [1.165, 1.54) is 10.9 Å². The second kappa shape index (κ2) is 6.45. The standard InChI is InChI=1S/C18H16ClN3O2/c1-11-4-3-5-14-17(11)20-10-22(18(14)24)9-16(23)21-15-7-6-13(19)8-12(15)2/h3-8,10H,9H2,1-2H3,(H,21,23). The largest absolute Gasteiger partial charge is 0.324 e. The van der Waals surface area contributed by atoms with Gasteiger partial charge in [-0.1, -0.05) is 23.7 Å². The molecule has 0 atom stereocenters. The molecule has 24 heavy (non-hydrogen) atoms. The number of fused-ring (bicyclic) bond motifs is 1. The molecule has 1 heterocycles. The lowest BCUT2D eigenvalue weighted by molar-refractivity contribution is -0.116. The molecule has 0 spiro atoms. The molecule has 0 bridgehead atoms. The van der Waals surface area contributed by atoms with Crippen LogP contribution in [0.5, 0.6) is 0 Å². The van der Waals surface area contributed by atoms with E-state index in [-0.39, 0.29) is 18.0 Å². The van der Waals surface area contributed by atoms with Crippen LogP contribution in [0.15, 0.2) is 47.5 Å². The van der Waals surface area contributed by atoms with Crippen LogP contribution in [0.3, 0.4) is 0 Å². The Labute approximate surface area is 143 Å². The van der Waals surface area contributed by atoms with Crippen LogP contribution in [0, 0.1) is 13.8 Å². The fourth-order valence-electron chi connectivity index (χ4n) is 2.56. The van der Waals surface area contributed by atoms with Crippen molar-refractivity contribution >= 4 is 34.1 Å². The first-order chi connectivity index (χ1) is 11.5. The van der Waals surface area contributed by atoms with Crippen LogP contribution >= 0.6 is 11.6 Å². The van der Waals surface area contributed by atoms with Crippen LogP contribution in [-0.4, -0.2) is 15.5 Å². The average Bonchev–Trinajstić information content (AvgIpc) is 2.53. The van der Waals surface area contributed by atoms with Gasteiger partial charge in [0.2, 0.25) is 5.91 Å². The third kappa shape index (κ3) is 3.16. The van der Waals surface area contributed by atoms with Gasteiger partial charge in [0.1, 0.15) is 6.54 Å². The maximum Gasteiger partial charge on any atom is 0.261 e. The second-order valence-corrected chi connectivity index (χ2v) is 6.09. The molecule has 0 aliphatic rings. The van der Waals surface area contributed by atoms with Crippen LogP contribution in [0.4, 0.5) is 5.69 Å². The molecule has 1 N–H and O–H groups in total. The predicted molar refractivity (Wildman–Crippen MR) is 95.6 cm³/mol. The number of nitrogens with zero attached hydrogens (tertiary/aromatic N) is 2. The number of halogens is 1. The van der Waals surface area contributed by atoms with E-state index < -0.39 is 0 Å². The van der Waals surface area contributed by atoms with Gasteiger partial charge in [0, 0.05) is 10.7 Å². The first-order valence-corrected chi connectivity index (χ1v) is 7.84. The highest BCUT2D eigenvalue weighted by molar-refractivity contribution is 6.30. The van der Waals surface area contributed by atoms with E-state index in [0.717, 1.165) is 11.1 Å². The predicted octanol–water partition coefficient (Wildman–Crippen LogP) is 3.31. The van der Waals surface area contributed by atoms with Crippen molar-refractivity contribution in [2.75, 3.05) is 5.32 Å². The van der Waals surface area contributed by atoms with E-state index in [1.807, 2.05) is 26.0 Å². The minimum absolute atomic E-state index is 0.0994. The van der Waals surface area contributed by atoms with Gasteiger partial charge in [-0.15, -0.1) is 0 Å².